The second kappa shape index (κ2) is 9.91. The summed E-state index contributed by atoms with van der Waals surface area (Å²) in [5.41, 5.74) is 4.40. The number of rotatable bonds is 8. The summed E-state index contributed by atoms with van der Waals surface area (Å²) in [6.07, 6.45) is 6.96. The summed E-state index contributed by atoms with van der Waals surface area (Å²) in [7, 11) is 7.74. The fourth-order valence-corrected chi connectivity index (χ4v) is 6.26. The highest BCUT2D eigenvalue weighted by molar-refractivity contribution is 7.19. The maximum Gasteiger partial charge on any atom is 0.225 e. The van der Waals surface area contributed by atoms with E-state index in [4.69, 9.17) is 4.74 Å². The van der Waals surface area contributed by atoms with Gasteiger partial charge in [-0.2, -0.15) is 0 Å². The van der Waals surface area contributed by atoms with E-state index >= 15 is 0 Å². The number of nitrogens with zero attached hydrogens (tertiary/aromatic N) is 5. The molecule has 1 aliphatic heterocycles. The number of aryl methyl sites for hydroxylation is 1. The van der Waals surface area contributed by atoms with Crippen LogP contribution >= 0.6 is 11.3 Å². The molecule has 3 aromatic rings. The minimum absolute atomic E-state index is 0.0281. The maximum atomic E-state index is 13.1. The number of thiophene rings is 1. The lowest BCUT2D eigenvalue weighted by Gasteiger charge is -2.27. The molecule has 1 aliphatic carbocycles. The Morgan fingerprint density at radius 3 is 2.89 bits per heavy atom. The Balaban J connectivity index is 1.38. The monoisotopic (exact) mass is 492 g/mol. The van der Waals surface area contributed by atoms with Crippen molar-refractivity contribution in [2.45, 2.75) is 32.2 Å². The maximum absolute atomic E-state index is 13.1. The van der Waals surface area contributed by atoms with Gasteiger partial charge in [-0.1, -0.05) is 0 Å². The third-order valence-corrected chi connectivity index (χ3v) is 8.04. The normalized spacial score (nSPS) is 16.4. The van der Waals surface area contributed by atoms with Crippen LogP contribution in [0.15, 0.2) is 23.5 Å². The van der Waals surface area contributed by atoms with Crippen molar-refractivity contribution in [1.29, 1.82) is 0 Å². The zero-order valence-corrected chi connectivity index (χ0v) is 21.6. The summed E-state index contributed by atoms with van der Waals surface area (Å²) in [4.78, 5) is 32.9. The number of benzene rings is 1. The number of ether oxygens (including phenoxy) is 1. The molecule has 1 atom stereocenters. The quantitative estimate of drug-likeness (QED) is 0.514. The molecular weight excluding hydrogens is 460 g/mol. The van der Waals surface area contributed by atoms with Crippen molar-refractivity contribution >= 4 is 45.2 Å². The van der Waals surface area contributed by atoms with Gasteiger partial charge < -0.3 is 19.9 Å². The standard InChI is InChI=1S/C26H32N6O2S/c1-31(2)8-5-9-32(3)26(33)16-6-7-19-22(12-16)35-25-23(19)24(28-15-29-25)30-20-10-17-13-27-14-18(17)11-21(20)34-4/h10-11,13,15-16H,5-9,12,14H2,1-4H3,(H,28,29,30)/t16-/m0/s1. The molecule has 0 saturated carbocycles. The van der Waals surface area contributed by atoms with Crippen molar-refractivity contribution in [2.24, 2.45) is 10.9 Å². The molecule has 8 nitrogen and oxygen atoms in total. The first-order valence-electron chi connectivity index (χ1n) is 12.1. The van der Waals surface area contributed by atoms with Crippen molar-refractivity contribution < 1.29 is 9.53 Å². The minimum atomic E-state index is 0.0281. The Hall–Kier alpha value is -3.04. The largest absolute Gasteiger partial charge is 0.495 e. The second-order valence-corrected chi connectivity index (χ2v) is 10.7. The van der Waals surface area contributed by atoms with Crippen LogP contribution in [0.25, 0.3) is 10.2 Å². The molecule has 1 N–H and O–H groups in total. The highest BCUT2D eigenvalue weighted by Gasteiger charge is 2.30. The Bertz CT molecular complexity index is 1280. The van der Waals surface area contributed by atoms with Gasteiger partial charge in [0, 0.05) is 30.6 Å². The van der Waals surface area contributed by atoms with Crippen LogP contribution in [0.5, 0.6) is 5.75 Å². The van der Waals surface area contributed by atoms with Gasteiger partial charge in [-0.3, -0.25) is 9.79 Å². The van der Waals surface area contributed by atoms with Crippen molar-refractivity contribution in [3.63, 3.8) is 0 Å². The van der Waals surface area contributed by atoms with Gasteiger partial charge in [-0.05, 0) is 75.1 Å². The average Bonchev–Trinajstić information content (AvgIpc) is 3.46. The number of aromatic nitrogens is 2. The average molecular weight is 493 g/mol. The van der Waals surface area contributed by atoms with E-state index in [9.17, 15) is 4.79 Å². The van der Waals surface area contributed by atoms with Gasteiger partial charge in [0.2, 0.25) is 5.91 Å². The summed E-state index contributed by atoms with van der Waals surface area (Å²) in [6.45, 7) is 2.46. The predicted molar refractivity (Wildman–Crippen MR) is 141 cm³/mol. The molecule has 1 amide bonds. The predicted octanol–water partition coefficient (Wildman–Crippen LogP) is 3.89. The molecule has 0 saturated heterocycles. The lowest BCUT2D eigenvalue weighted by Crippen LogP contribution is -2.36. The molecule has 5 rings (SSSR count). The smallest absolute Gasteiger partial charge is 0.225 e. The van der Waals surface area contributed by atoms with Gasteiger partial charge in [-0.25, -0.2) is 9.97 Å². The number of anilines is 2. The molecule has 0 radical (unpaired) electrons. The number of hydrogen-bond donors (Lipinski definition) is 1. The summed E-state index contributed by atoms with van der Waals surface area (Å²) in [6, 6.07) is 4.11. The van der Waals surface area contributed by atoms with Gasteiger partial charge >= 0.3 is 0 Å². The zero-order valence-electron chi connectivity index (χ0n) is 20.8. The van der Waals surface area contributed by atoms with E-state index in [1.807, 2.05) is 24.2 Å². The van der Waals surface area contributed by atoms with Gasteiger partial charge in [-0.15, -0.1) is 11.3 Å². The number of hydrogen-bond acceptors (Lipinski definition) is 8. The number of aliphatic imine (C=N–C) groups is 1. The Labute approximate surface area is 210 Å². The lowest BCUT2D eigenvalue weighted by atomic mass is 9.87. The van der Waals surface area contributed by atoms with Gasteiger partial charge in [0.05, 0.1) is 24.7 Å². The van der Waals surface area contributed by atoms with Crippen LogP contribution in [-0.2, 0) is 24.2 Å². The van der Waals surface area contributed by atoms with E-state index in [1.54, 1.807) is 24.8 Å². The van der Waals surface area contributed by atoms with Crippen molar-refractivity contribution in [3.8, 4) is 5.75 Å². The number of amides is 1. The number of carbonyl (C=O) groups excluding carboxylic acids is 1. The molecule has 0 bridgehead atoms. The first-order valence-corrected chi connectivity index (χ1v) is 12.9. The van der Waals surface area contributed by atoms with Gasteiger partial charge in [0.25, 0.3) is 0 Å². The lowest BCUT2D eigenvalue weighted by molar-refractivity contribution is -0.134. The van der Waals surface area contributed by atoms with Gasteiger partial charge in [0.1, 0.15) is 22.7 Å². The Kier molecular flexibility index (Phi) is 6.71. The SMILES string of the molecule is COc1cc2c(cc1Nc1ncnc3sc4c(c13)CC[C@H](C(=O)N(C)CCCN(C)C)C4)C=NC2. The fourth-order valence-electron chi connectivity index (χ4n) is 4.99. The van der Waals surface area contributed by atoms with E-state index in [1.165, 1.54) is 10.4 Å². The number of nitrogens with one attached hydrogen (secondary N) is 1. The van der Waals surface area contributed by atoms with Crippen molar-refractivity contribution in [2.75, 3.05) is 46.7 Å². The minimum Gasteiger partial charge on any atom is -0.495 e. The summed E-state index contributed by atoms with van der Waals surface area (Å²) >= 11 is 1.69. The first-order chi connectivity index (χ1) is 16.9. The van der Waals surface area contributed by atoms with Crippen LogP contribution in [0.4, 0.5) is 11.5 Å². The highest BCUT2D eigenvalue weighted by Crippen LogP contribution is 2.42. The Morgan fingerprint density at radius 1 is 1.23 bits per heavy atom. The third kappa shape index (κ3) is 4.75. The summed E-state index contributed by atoms with van der Waals surface area (Å²) in [5.74, 6) is 1.83. The fraction of sp³-hybridized carbons (Fsp3) is 0.462. The molecule has 0 fully saturated rings. The topological polar surface area (TPSA) is 82.9 Å². The molecule has 3 heterocycles. The molecule has 1 aromatic carbocycles. The van der Waals surface area contributed by atoms with Crippen LogP contribution in [0.3, 0.4) is 0 Å². The molecule has 0 unspecified atom stereocenters. The van der Waals surface area contributed by atoms with E-state index in [0.29, 0.717) is 6.54 Å². The molecule has 2 aliphatic rings. The third-order valence-electron chi connectivity index (χ3n) is 6.88. The van der Waals surface area contributed by atoms with E-state index in [2.05, 4.69) is 45.3 Å². The van der Waals surface area contributed by atoms with Crippen LogP contribution < -0.4 is 10.1 Å². The zero-order chi connectivity index (χ0) is 24.5. The molecular formula is C26H32N6O2S. The first kappa shape index (κ1) is 23.7. The van der Waals surface area contributed by atoms with Crippen LogP contribution in [0.2, 0.25) is 0 Å². The van der Waals surface area contributed by atoms with Crippen LogP contribution in [0.1, 0.15) is 34.4 Å². The molecule has 2 aromatic heterocycles. The summed E-state index contributed by atoms with van der Waals surface area (Å²) < 4.78 is 5.65. The number of fused-ring (bicyclic) bond motifs is 4. The highest BCUT2D eigenvalue weighted by atomic mass is 32.1. The van der Waals surface area contributed by atoms with E-state index in [0.717, 1.165) is 77.4 Å². The van der Waals surface area contributed by atoms with E-state index in [-0.39, 0.29) is 11.8 Å². The molecule has 184 valence electrons. The number of carbonyl (C=O) groups is 1. The Morgan fingerprint density at radius 2 is 2.09 bits per heavy atom. The van der Waals surface area contributed by atoms with Crippen molar-refractivity contribution in [1.82, 2.24) is 19.8 Å². The van der Waals surface area contributed by atoms with Crippen molar-refractivity contribution in [3.05, 3.63) is 40.0 Å². The van der Waals surface area contributed by atoms with Crippen LogP contribution in [0, 0.1) is 5.92 Å². The molecule has 0 spiro atoms. The van der Waals surface area contributed by atoms with E-state index < -0.39 is 0 Å². The van der Waals surface area contributed by atoms with Gasteiger partial charge in [0.15, 0.2) is 0 Å². The molecule has 35 heavy (non-hydrogen) atoms. The summed E-state index contributed by atoms with van der Waals surface area (Å²) in [5, 5.41) is 4.57. The van der Waals surface area contributed by atoms with Crippen LogP contribution in [-0.4, -0.2) is 73.2 Å². The molecule has 9 heteroatoms. The second-order valence-electron chi connectivity index (χ2n) is 9.61. The number of methoxy groups -OCH3 is 1.